The van der Waals surface area contributed by atoms with Crippen LogP contribution in [-0.4, -0.2) is 33.2 Å². The van der Waals surface area contributed by atoms with Crippen LogP contribution in [-0.2, 0) is 15.8 Å². The molecule has 0 aliphatic carbocycles. The van der Waals surface area contributed by atoms with Gasteiger partial charge in [-0.15, -0.1) is 0 Å². The third kappa shape index (κ3) is 3.97. The molecule has 1 aliphatic rings. The number of hydrogen-bond acceptors (Lipinski definition) is 5. The lowest BCUT2D eigenvalue weighted by atomic mass is 10.0. The van der Waals surface area contributed by atoms with E-state index in [1.54, 1.807) is 12.1 Å². The predicted octanol–water partition coefficient (Wildman–Crippen LogP) is 2.34. The maximum absolute atomic E-state index is 12.6. The zero-order chi connectivity index (χ0) is 18.7. The van der Waals surface area contributed by atoms with Gasteiger partial charge in [-0.05, 0) is 23.8 Å². The fraction of sp³-hybridized carbons (Fsp3) is 0.278. The number of benzene rings is 2. The molecule has 2 N–H and O–H groups in total. The lowest BCUT2D eigenvalue weighted by molar-refractivity contribution is 0.0697. The number of sulfonamides is 1. The molecule has 0 bridgehead atoms. The van der Waals surface area contributed by atoms with E-state index in [2.05, 4.69) is 4.72 Å². The molecular weight excluding hydrogens is 358 g/mol. The Balaban J connectivity index is 1.77. The first-order valence-corrected chi connectivity index (χ1v) is 9.67. The van der Waals surface area contributed by atoms with Crippen molar-refractivity contribution in [2.24, 2.45) is 0 Å². The number of carboxylic acids is 1. The SMILES string of the molecule is COc1cccc2c1OCCC2NS(=O)(=O)Cc1ccc(C(=O)O)cc1. The van der Waals surface area contributed by atoms with E-state index in [0.717, 1.165) is 5.56 Å². The van der Waals surface area contributed by atoms with E-state index in [1.165, 1.54) is 31.4 Å². The molecule has 0 saturated heterocycles. The lowest BCUT2D eigenvalue weighted by Gasteiger charge is -2.27. The highest BCUT2D eigenvalue weighted by molar-refractivity contribution is 7.88. The van der Waals surface area contributed by atoms with Gasteiger partial charge in [-0.3, -0.25) is 0 Å². The lowest BCUT2D eigenvalue weighted by Crippen LogP contribution is -2.33. The third-order valence-electron chi connectivity index (χ3n) is 4.14. The molecule has 1 atom stereocenters. The van der Waals surface area contributed by atoms with Gasteiger partial charge < -0.3 is 14.6 Å². The quantitative estimate of drug-likeness (QED) is 0.801. The third-order valence-corrected chi connectivity index (χ3v) is 5.49. The average molecular weight is 377 g/mol. The van der Waals surface area contributed by atoms with E-state index < -0.39 is 22.0 Å². The summed E-state index contributed by atoms with van der Waals surface area (Å²) < 4.78 is 38.7. The summed E-state index contributed by atoms with van der Waals surface area (Å²) in [6.45, 7) is 0.383. The Morgan fingerprint density at radius 2 is 2.00 bits per heavy atom. The second-order valence-electron chi connectivity index (χ2n) is 5.95. The minimum atomic E-state index is -3.62. The summed E-state index contributed by atoms with van der Waals surface area (Å²) in [6.07, 6.45) is 0.511. The van der Waals surface area contributed by atoms with E-state index in [1.807, 2.05) is 6.07 Å². The number of carbonyl (C=O) groups is 1. The molecule has 3 rings (SSSR count). The number of ether oxygens (including phenoxy) is 2. The van der Waals surface area contributed by atoms with Gasteiger partial charge >= 0.3 is 5.97 Å². The van der Waals surface area contributed by atoms with Crippen LogP contribution in [0.3, 0.4) is 0 Å². The molecule has 2 aromatic carbocycles. The molecule has 1 unspecified atom stereocenters. The normalized spacial score (nSPS) is 16.4. The maximum Gasteiger partial charge on any atom is 0.335 e. The van der Waals surface area contributed by atoms with Gasteiger partial charge in [0.2, 0.25) is 10.0 Å². The molecule has 0 fully saturated rings. The van der Waals surface area contributed by atoms with Crippen molar-refractivity contribution in [3.8, 4) is 11.5 Å². The Kier molecular flexibility index (Phi) is 5.15. The molecule has 26 heavy (non-hydrogen) atoms. The zero-order valence-corrected chi connectivity index (χ0v) is 15.0. The Morgan fingerprint density at radius 3 is 2.65 bits per heavy atom. The molecule has 8 heteroatoms. The zero-order valence-electron chi connectivity index (χ0n) is 14.1. The minimum Gasteiger partial charge on any atom is -0.493 e. The van der Waals surface area contributed by atoms with Crippen LogP contribution in [0.1, 0.15) is 33.9 Å². The van der Waals surface area contributed by atoms with Gasteiger partial charge in [0, 0.05) is 12.0 Å². The molecule has 0 saturated carbocycles. The monoisotopic (exact) mass is 377 g/mol. The number of methoxy groups -OCH3 is 1. The summed E-state index contributed by atoms with van der Waals surface area (Å²) in [5.41, 5.74) is 1.37. The fourth-order valence-corrected chi connectivity index (χ4v) is 4.29. The first-order valence-electron chi connectivity index (χ1n) is 8.01. The first-order chi connectivity index (χ1) is 12.4. The highest BCUT2D eigenvalue weighted by Gasteiger charge is 2.28. The first kappa shape index (κ1) is 18.2. The Hall–Kier alpha value is -2.58. The molecule has 138 valence electrons. The number of nitrogens with one attached hydrogen (secondary N) is 1. The molecule has 0 radical (unpaired) electrons. The molecule has 0 amide bonds. The molecular formula is C18H19NO6S. The number of carboxylic acid groups (broad SMARTS) is 1. The van der Waals surface area contributed by atoms with Crippen LogP contribution < -0.4 is 14.2 Å². The highest BCUT2D eigenvalue weighted by Crippen LogP contribution is 2.39. The molecule has 7 nitrogen and oxygen atoms in total. The van der Waals surface area contributed by atoms with E-state index >= 15 is 0 Å². The summed E-state index contributed by atoms with van der Waals surface area (Å²) in [5.74, 6) is -0.162. The topological polar surface area (TPSA) is 102 Å². The van der Waals surface area contributed by atoms with Crippen molar-refractivity contribution < 1.29 is 27.8 Å². The van der Waals surface area contributed by atoms with Crippen molar-refractivity contribution in [3.05, 3.63) is 59.2 Å². The number of fused-ring (bicyclic) bond motifs is 1. The van der Waals surface area contributed by atoms with Crippen LogP contribution in [0.25, 0.3) is 0 Å². The van der Waals surface area contributed by atoms with Crippen molar-refractivity contribution in [1.29, 1.82) is 0 Å². The summed E-state index contributed by atoms with van der Waals surface area (Å²) in [4.78, 5) is 10.9. The van der Waals surface area contributed by atoms with Crippen LogP contribution in [0, 0.1) is 0 Å². The largest absolute Gasteiger partial charge is 0.493 e. The molecule has 1 heterocycles. The van der Waals surface area contributed by atoms with Crippen LogP contribution in [0.4, 0.5) is 0 Å². The van der Waals surface area contributed by atoms with Gasteiger partial charge in [-0.2, -0.15) is 0 Å². The van der Waals surface area contributed by atoms with E-state index in [4.69, 9.17) is 14.6 Å². The molecule has 2 aromatic rings. The maximum atomic E-state index is 12.6. The average Bonchev–Trinajstić information content (AvgIpc) is 2.61. The van der Waals surface area contributed by atoms with Crippen molar-refractivity contribution in [3.63, 3.8) is 0 Å². The summed E-state index contributed by atoms with van der Waals surface area (Å²) in [6, 6.07) is 10.7. The van der Waals surface area contributed by atoms with Crippen molar-refractivity contribution in [1.82, 2.24) is 4.72 Å². The van der Waals surface area contributed by atoms with Crippen LogP contribution in [0.15, 0.2) is 42.5 Å². The van der Waals surface area contributed by atoms with Crippen molar-refractivity contribution >= 4 is 16.0 Å². The minimum absolute atomic E-state index is 0.115. The molecule has 1 aliphatic heterocycles. The summed E-state index contributed by atoms with van der Waals surface area (Å²) >= 11 is 0. The Bertz CT molecular complexity index is 908. The van der Waals surface area contributed by atoms with Crippen LogP contribution >= 0.6 is 0 Å². The number of hydrogen-bond donors (Lipinski definition) is 2. The molecule has 0 aromatic heterocycles. The van der Waals surface area contributed by atoms with Gasteiger partial charge in [-0.25, -0.2) is 17.9 Å². The van der Waals surface area contributed by atoms with Gasteiger partial charge in [0.05, 0.1) is 31.1 Å². The standard InChI is InChI=1S/C18H19NO6S/c1-24-16-4-2-3-14-15(9-10-25-17(14)16)19-26(22,23)11-12-5-7-13(8-6-12)18(20)21/h2-8,15,19H,9-11H2,1H3,(H,20,21). The van der Waals surface area contributed by atoms with Crippen molar-refractivity contribution in [2.75, 3.05) is 13.7 Å². The van der Waals surface area contributed by atoms with E-state index in [-0.39, 0.29) is 11.3 Å². The van der Waals surface area contributed by atoms with Gasteiger partial charge in [0.15, 0.2) is 11.5 Å². The van der Waals surface area contributed by atoms with E-state index in [9.17, 15) is 13.2 Å². The Morgan fingerprint density at radius 1 is 1.27 bits per heavy atom. The summed E-state index contributed by atoms with van der Waals surface area (Å²) in [7, 11) is -2.09. The van der Waals surface area contributed by atoms with Crippen LogP contribution in [0.2, 0.25) is 0 Å². The van der Waals surface area contributed by atoms with E-state index in [0.29, 0.717) is 30.1 Å². The van der Waals surface area contributed by atoms with Crippen molar-refractivity contribution in [2.45, 2.75) is 18.2 Å². The summed E-state index contributed by atoms with van der Waals surface area (Å²) in [5, 5.41) is 8.91. The Labute approximate surface area is 151 Å². The smallest absolute Gasteiger partial charge is 0.335 e. The second kappa shape index (κ2) is 7.35. The molecule has 0 spiro atoms. The second-order valence-corrected chi connectivity index (χ2v) is 7.70. The van der Waals surface area contributed by atoms with Crippen LogP contribution in [0.5, 0.6) is 11.5 Å². The number of aromatic carboxylic acids is 1. The van der Waals surface area contributed by atoms with Gasteiger partial charge in [0.1, 0.15) is 0 Å². The predicted molar refractivity (Wildman–Crippen MR) is 95.0 cm³/mol. The number of para-hydroxylation sites is 1. The number of rotatable bonds is 6. The van der Waals surface area contributed by atoms with Gasteiger partial charge in [-0.1, -0.05) is 24.3 Å². The fourth-order valence-electron chi connectivity index (χ4n) is 2.90. The van der Waals surface area contributed by atoms with Gasteiger partial charge in [0.25, 0.3) is 0 Å². The highest BCUT2D eigenvalue weighted by atomic mass is 32.2.